The van der Waals surface area contributed by atoms with Crippen LogP contribution < -0.4 is 10.6 Å². The van der Waals surface area contributed by atoms with Crippen LogP contribution in [0.4, 0.5) is 0 Å². The summed E-state index contributed by atoms with van der Waals surface area (Å²) in [6.07, 6.45) is 3.86. The normalized spacial score (nSPS) is 15.4. The highest BCUT2D eigenvalue weighted by Crippen LogP contribution is 2.15. The van der Waals surface area contributed by atoms with Crippen molar-refractivity contribution < 1.29 is 4.79 Å². The molecule has 0 bridgehead atoms. The number of aromatic nitrogens is 2. The van der Waals surface area contributed by atoms with Crippen LogP contribution in [0.1, 0.15) is 28.8 Å². The zero-order valence-electron chi connectivity index (χ0n) is 14.1. The topological polar surface area (TPSA) is 59.0 Å². The second kappa shape index (κ2) is 7.07. The van der Waals surface area contributed by atoms with Crippen LogP contribution >= 0.6 is 0 Å². The van der Waals surface area contributed by atoms with Crippen molar-refractivity contribution in [3.8, 4) is 0 Å². The summed E-state index contributed by atoms with van der Waals surface area (Å²) in [5.41, 5.74) is 4.00. The minimum absolute atomic E-state index is 0.0199. The molecule has 1 fully saturated rings. The number of carbonyl (C=O) groups is 1. The van der Waals surface area contributed by atoms with E-state index >= 15 is 0 Å². The molecule has 0 saturated carbocycles. The first-order valence-corrected chi connectivity index (χ1v) is 8.80. The van der Waals surface area contributed by atoms with E-state index in [0.717, 1.165) is 54.6 Å². The molecule has 0 spiro atoms. The third-order valence-electron chi connectivity index (χ3n) is 4.77. The Morgan fingerprint density at radius 3 is 2.68 bits per heavy atom. The molecule has 128 valence electrons. The quantitative estimate of drug-likeness (QED) is 0.771. The number of fused-ring (bicyclic) bond motifs is 1. The summed E-state index contributed by atoms with van der Waals surface area (Å²) in [6, 6.07) is 16.2. The fraction of sp³-hybridized carbons (Fsp3) is 0.300. The number of hydrogen-bond donors (Lipinski definition) is 2. The number of piperidine rings is 1. The summed E-state index contributed by atoms with van der Waals surface area (Å²) in [7, 11) is 0. The van der Waals surface area contributed by atoms with Crippen molar-refractivity contribution in [1.29, 1.82) is 0 Å². The van der Waals surface area contributed by atoms with Crippen molar-refractivity contribution in [3.05, 3.63) is 66.0 Å². The lowest BCUT2D eigenvalue weighted by atomic mass is 10.1. The van der Waals surface area contributed by atoms with Crippen LogP contribution in [-0.2, 0) is 6.54 Å². The second-order valence-corrected chi connectivity index (χ2v) is 6.56. The van der Waals surface area contributed by atoms with Gasteiger partial charge in [-0.25, -0.2) is 4.98 Å². The standard InChI is InChI=1S/C20H22N4O/c25-20(23-17-9-11-21-12-10-17)16-7-5-15(6-8-16)13-24-14-22-18-3-1-2-4-19(18)24/h1-8,14,17,21H,9-13H2,(H,23,25). The Kier molecular flexibility index (Phi) is 4.48. The SMILES string of the molecule is O=C(NC1CCNCC1)c1ccc(Cn2cnc3ccccc32)cc1. The van der Waals surface area contributed by atoms with E-state index in [2.05, 4.69) is 26.3 Å². The summed E-state index contributed by atoms with van der Waals surface area (Å²) in [5, 5.41) is 6.44. The molecule has 1 aromatic heterocycles. The highest BCUT2D eigenvalue weighted by atomic mass is 16.1. The Balaban J connectivity index is 1.43. The van der Waals surface area contributed by atoms with Gasteiger partial charge in [0.05, 0.1) is 17.4 Å². The average molecular weight is 334 g/mol. The minimum Gasteiger partial charge on any atom is -0.349 e. The lowest BCUT2D eigenvalue weighted by molar-refractivity contribution is 0.0929. The number of nitrogens with one attached hydrogen (secondary N) is 2. The van der Waals surface area contributed by atoms with Crippen molar-refractivity contribution >= 4 is 16.9 Å². The monoisotopic (exact) mass is 334 g/mol. The van der Waals surface area contributed by atoms with Gasteiger partial charge in [-0.05, 0) is 55.8 Å². The average Bonchev–Trinajstić information content (AvgIpc) is 3.06. The second-order valence-electron chi connectivity index (χ2n) is 6.56. The van der Waals surface area contributed by atoms with Gasteiger partial charge in [0.2, 0.25) is 0 Å². The summed E-state index contributed by atoms with van der Waals surface area (Å²) < 4.78 is 2.12. The van der Waals surface area contributed by atoms with E-state index in [4.69, 9.17) is 0 Å². The van der Waals surface area contributed by atoms with E-state index in [1.807, 2.05) is 48.8 Å². The lowest BCUT2D eigenvalue weighted by Crippen LogP contribution is -2.42. The zero-order valence-corrected chi connectivity index (χ0v) is 14.1. The van der Waals surface area contributed by atoms with Crippen molar-refractivity contribution in [2.75, 3.05) is 13.1 Å². The van der Waals surface area contributed by atoms with Gasteiger partial charge in [0, 0.05) is 18.2 Å². The molecule has 5 heteroatoms. The van der Waals surface area contributed by atoms with Gasteiger partial charge in [-0.3, -0.25) is 4.79 Å². The molecule has 2 aromatic carbocycles. The number of amides is 1. The van der Waals surface area contributed by atoms with E-state index in [1.165, 1.54) is 0 Å². The van der Waals surface area contributed by atoms with Crippen LogP contribution in [0.5, 0.6) is 0 Å². The highest BCUT2D eigenvalue weighted by Gasteiger charge is 2.16. The minimum atomic E-state index is 0.0199. The highest BCUT2D eigenvalue weighted by molar-refractivity contribution is 5.94. The van der Waals surface area contributed by atoms with Crippen LogP contribution in [0, 0.1) is 0 Å². The van der Waals surface area contributed by atoms with E-state index in [9.17, 15) is 4.79 Å². The third kappa shape index (κ3) is 3.56. The van der Waals surface area contributed by atoms with Gasteiger partial charge in [-0.1, -0.05) is 24.3 Å². The molecule has 0 atom stereocenters. The van der Waals surface area contributed by atoms with Gasteiger partial charge < -0.3 is 15.2 Å². The molecular formula is C20H22N4O. The van der Waals surface area contributed by atoms with Crippen molar-refractivity contribution in [2.24, 2.45) is 0 Å². The van der Waals surface area contributed by atoms with Gasteiger partial charge in [-0.2, -0.15) is 0 Å². The zero-order chi connectivity index (χ0) is 17.1. The molecule has 2 heterocycles. The number of rotatable bonds is 4. The Bertz CT molecular complexity index is 863. The molecule has 1 amide bonds. The molecule has 0 radical (unpaired) electrons. The molecule has 1 saturated heterocycles. The molecule has 3 aromatic rings. The Hall–Kier alpha value is -2.66. The molecule has 0 aliphatic carbocycles. The van der Waals surface area contributed by atoms with Crippen molar-refractivity contribution in [3.63, 3.8) is 0 Å². The maximum atomic E-state index is 12.4. The Labute approximate surface area is 147 Å². The molecule has 2 N–H and O–H groups in total. The van der Waals surface area contributed by atoms with Crippen LogP contribution in [0.2, 0.25) is 0 Å². The Morgan fingerprint density at radius 2 is 1.88 bits per heavy atom. The number of hydrogen-bond acceptors (Lipinski definition) is 3. The first-order chi connectivity index (χ1) is 12.3. The van der Waals surface area contributed by atoms with E-state index in [0.29, 0.717) is 0 Å². The summed E-state index contributed by atoms with van der Waals surface area (Å²) >= 11 is 0. The largest absolute Gasteiger partial charge is 0.349 e. The maximum Gasteiger partial charge on any atom is 0.251 e. The number of para-hydroxylation sites is 2. The first kappa shape index (κ1) is 15.8. The molecule has 25 heavy (non-hydrogen) atoms. The maximum absolute atomic E-state index is 12.4. The first-order valence-electron chi connectivity index (χ1n) is 8.80. The third-order valence-corrected chi connectivity index (χ3v) is 4.77. The summed E-state index contributed by atoms with van der Waals surface area (Å²) in [6.45, 7) is 2.70. The predicted octanol–water partition coefficient (Wildman–Crippen LogP) is 2.57. The molecule has 1 aliphatic heterocycles. The molecule has 1 aliphatic rings. The number of imidazole rings is 1. The fourth-order valence-corrected chi connectivity index (χ4v) is 3.33. The van der Waals surface area contributed by atoms with Gasteiger partial charge in [0.1, 0.15) is 0 Å². The number of nitrogens with zero attached hydrogens (tertiary/aromatic N) is 2. The molecule has 4 rings (SSSR count). The Morgan fingerprint density at radius 1 is 1.12 bits per heavy atom. The molecule has 5 nitrogen and oxygen atoms in total. The van der Waals surface area contributed by atoms with Crippen LogP contribution in [-0.4, -0.2) is 34.6 Å². The van der Waals surface area contributed by atoms with E-state index in [-0.39, 0.29) is 11.9 Å². The predicted molar refractivity (Wildman–Crippen MR) is 98.6 cm³/mol. The summed E-state index contributed by atoms with van der Waals surface area (Å²) in [4.78, 5) is 16.8. The van der Waals surface area contributed by atoms with E-state index < -0.39 is 0 Å². The van der Waals surface area contributed by atoms with Crippen molar-refractivity contribution in [2.45, 2.75) is 25.4 Å². The lowest BCUT2D eigenvalue weighted by Gasteiger charge is -2.23. The van der Waals surface area contributed by atoms with Gasteiger partial charge in [0.25, 0.3) is 5.91 Å². The smallest absolute Gasteiger partial charge is 0.251 e. The summed E-state index contributed by atoms with van der Waals surface area (Å²) in [5.74, 6) is 0.0199. The van der Waals surface area contributed by atoms with Crippen LogP contribution in [0.3, 0.4) is 0 Å². The fourth-order valence-electron chi connectivity index (χ4n) is 3.33. The van der Waals surface area contributed by atoms with Crippen LogP contribution in [0.25, 0.3) is 11.0 Å². The van der Waals surface area contributed by atoms with Gasteiger partial charge >= 0.3 is 0 Å². The van der Waals surface area contributed by atoms with Crippen LogP contribution in [0.15, 0.2) is 54.9 Å². The van der Waals surface area contributed by atoms with E-state index in [1.54, 1.807) is 0 Å². The van der Waals surface area contributed by atoms with Crippen molar-refractivity contribution in [1.82, 2.24) is 20.2 Å². The number of benzene rings is 2. The number of carbonyl (C=O) groups excluding carboxylic acids is 1. The van der Waals surface area contributed by atoms with Gasteiger partial charge in [-0.15, -0.1) is 0 Å². The molecule has 0 unspecified atom stereocenters. The van der Waals surface area contributed by atoms with Gasteiger partial charge in [0.15, 0.2) is 0 Å². The molecular weight excluding hydrogens is 312 g/mol.